The molecule has 0 fully saturated rings. The van der Waals surface area contributed by atoms with Gasteiger partial charge in [0.1, 0.15) is 0 Å². The van der Waals surface area contributed by atoms with Gasteiger partial charge in [-0.05, 0) is 19.2 Å². The number of likely N-dealkylation sites (N-methyl/N-ethyl adjacent to an activating group) is 1. The van der Waals surface area contributed by atoms with Gasteiger partial charge in [0.05, 0.1) is 0 Å². The number of amides is 1. The summed E-state index contributed by atoms with van der Waals surface area (Å²) in [6.45, 7) is 0.865. The lowest BCUT2D eigenvalue weighted by molar-refractivity contribution is 0.0963. The second-order valence-corrected chi connectivity index (χ2v) is 2.97. The minimum absolute atomic E-state index is 0.0712. The van der Waals surface area contributed by atoms with Crippen molar-refractivity contribution in [1.29, 1.82) is 0 Å². The molecule has 1 amide bonds. The lowest BCUT2D eigenvalue weighted by Crippen LogP contribution is -2.18. The highest BCUT2D eigenvalue weighted by molar-refractivity contribution is 5.93. The summed E-state index contributed by atoms with van der Waals surface area (Å²) in [7, 11) is 3.51. The average Bonchev–Trinajstić information content (AvgIpc) is 2.25. The van der Waals surface area contributed by atoms with Gasteiger partial charge >= 0.3 is 0 Å². The third kappa shape index (κ3) is 2.81. The first-order valence-electron chi connectivity index (χ1n) is 4.59. The van der Waals surface area contributed by atoms with Crippen molar-refractivity contribution in [3.05, 3.63) is 29.6 Å². The molecule has 1 aromatic rings. The van der Waals surface area contributed by atoms with Gasteiger partial charge in [0.15, 0.2) is 0 Å². The van der Waals surface area contributed by atoms with Crippen LogP contribution >= 0.6 is 0 Å². The molecule has 0 radical (unpaired) electrons. The zero-order chi connectivity index (χ0) is 10.4. The maximum absolute atomic E-state index is 11.3. The molecule has 0 saturated heterocycles. The molecular formula is C10H15N3O. The van der Waals surface area contributed by atoms with Crippen LogP contribution in [-0.4, -0.2) is 31.5 Å². The van der Waals surface area contributed by atoms with Crippen molar-refractivity contribution in [2.24, 2.45) is 0 Å². The van der Waals surface area contributed by atoms with Gasteiger partial charge in [0.25, 0.3) is 5.91 Å². The molecule has 0 atom stereocenters. The van der Waals surface area contributed by atoms with Gasteiger partial charge in [-0.2, -0.15) is 0 Å². The molecule has 14 heavy (non-hydrogen) atoms. The van der Waals surface area contributed by atoms with E-state index >= 15 is 0 Å². The molecule has 2 N–H and O–H groups in total. The topological polar surface area (TPSA) is 54.0 Å². The maximum Gasteiger partial charge on any atom is 0.251 e. The second kappa shape index (κ2) is 5.34. The highest BCUT2D eigenvalue weighted by Gasteiger charge is 2.03. The van der Waals surface area contributed by atoms with Crippen molar-refractivity contribution in [2.75, 3.05) is 20.6 Å². The molecule has 1 rings (SSSR count). The van der Waals surface area contributed by atoms with Crippen molar-refractivity contribution in [3.63, 3.8) is 0 Å². The van der Waals surface area contributed by atoms with E-state index in [1.807, 2.05) is 13.1 Å². The minimum Gasteiger partial charge on any atom is -0.355 e. The van der Waals surface area contributed by atoms with E-state index in [-0.39, 0.29) is 5.91 Å². The number of hydrogen-bond donors (Lipinski definition) is 2. The summed E-state index contributed by atoms with van der Waals surface area (Å²) in [6, 6.07) is 3.53. The fraction of sp³-hybridized carbons (Fsp3) is 0.400. The van der Waals surface area contributed by atoms with Gasteiger partial charge in [-0.25, -0.2) is 0 Å². The van der Waals surface area contributed by atoms with Gasteiger partial charge < -0.3 is 10.6 Å². The monoisotopic (exact) mass is 193 g/mol. The Balaban J connectivity index is 2.73. The largest absolute Gasteiger partial charge is 0.355 e. The minimum atomic E-state index is -0.0712. The zero-order valence-electron chi connectivity index (χ0n) is 8.50. The molecule has 0 unspecified atom stereocenters. The van der Waals surface area contributed by atoms with E-state index in [1.54, 1.807) is 19.3 Å². The van der Waals surface area contributed by atoms with Gasteiger partial charge in [-0.1, -0.05) is 0 Å². The molecule has 0 saturated carbocycles. The molecule has 0 bridgehead atoms. The summed E-state index contributed by atoms with van der Waals surface area (Å²) < 4.78 is 0. The van der Waals surface area contributed by atoms with Crippen LogP contribution in [0, 0.1) is 0 Å². The molecule has 0 aromatic carbocycles. The summed E-state index contributed by atoms with van der Waals surface area (Å²) in [5, 5.41) is 5.62. The highest BCUT2D eigenvalue weighted by Crippen LogP contribution is 2.01. The van der Waals surface area contributed by atoms with E-state index < -0.39 is 0 Å². The maximum atomic E-state index is 11.3. The lowest BCUT2D eigenvalue weighted by Gasteiger charge is -2.02. The van der Waals surface area contributed by atoms with Crippen LogP contribution in [0.15, 0.2) is 18.3 Å². The quantitative estimate of drug-likeness (QED) is 0.718. The number of carbonyl (C=O) groups excluding carboxylic acids is 1. The fourth-order valence-corrected chi connectivity index (χ4v) is 1.15. The van der Waals surface area contributed by atoms with E-state index in [2.05, 4.69) is 15.6 Å². The Hall–Kier alpha value is -1.42. The number of carbonyl (C=O) groups is 1. The summed E-state index contributed by atoms with van der Waals surface area (Å²) in [5.74, 6) is -0.0712. The second-order valence-electron chi connectivity index (χ2n) is 2.97. The smallest absolute Gasteiger partial charge is 0.251 e. The fourth-order valence-electron chi connectivity index (χ4n) is 1.15. The SMILES string of the molecule is CNCCc1cc(C(=O)NC)ccn1. The van der Waals surface area contributed by atoms with Crippen LogP contribution in [0.4, 0.5) is 0 Å². The summed E-state index contributed by atoms with van der Waals surface area (Å²) in [5.41, 5.74) is 1.59. The van der Waals surface area contributed by atoms with Crippen molar-refractivity contribution in [2.45, 2.75) is 6.42 Å². The first-order chi connectivity index (χ1) is 6.77. The van der Waals surface area contributed by atoms with Crippen LogP contribution in [0.1, 0.15) is 16.1 Å². The summed E-state index contributed by atoms with van der Waals surface area (Å²) >= 11 is 0. The Morgan fingerprint density at radius 2 is 2.29 bits per heavy atom. The standard InChI is InChI=1S/C10H15N3O/c1-11-5-4-9-7-8(3-6-13-9)10(14)12-2/h3,6-7,11H,4-5H2,1-2H3,(H,12,14). The van der Waals surface area contributed by atoms with Crippen LogP contribution in [0.5, 0.6) is 0 Å². The van der Waals surface area contributed by atoms with E-state index in [9.17, 15) is 4.79 Å². The van der Waals surface area contributed by atoms with Crippen LogP contribution in [0.3, 0.4) is 0 Å². The molecule has 1 aromatic heterocycles. The summed E-state index contributed by atoms with van der Waals surface area (Å²) in [4.78, 5) is 15.5. The first-order valence-corrected chi connectivity index (χ1v) is 4.59. The average molecular weight is 193 g/mol. The lowest BCUT2D eigenvalue weighted by atomic mass is 10.2. The van der Waals surface area contributed by atoms with Crippen molar-refractivity contribution < 1.29 is 4.79 Å². The van der Waals surface area contributed by atoms with Crippen molar-refractivity contribution >= 4 is 5.91 Å². The van der Waals surface area contributed by atoms with Crippen LogP contribution in [-0.2, 0) is 6.42 Å². The highest BCUT2D eigenvalue weighted by atomic mass is 16.1. The molecule has 4 heteroatoms. The number of pyridine rings is 1. The number of aromatic nitrogens is 1. The Labute approximate surface area is 83.7 Å². The van der Waals surface area contributed by atoms with Crippen LogP contribution < -0.4 is 10.6 Å². The molecule has 4 nitrogen and oxygen atoms in total. The molecule has 76 valence electrons. The number of nitrogens with zero attached hydrogens (tertiary/aromatic N) is 1. The first kappa shape index (κ1) is 10.7. The molecule has 1 heterocycles. The van der Waals surface area contributed by atoms with Crippen molar-refractivity contribution in [3.8, 4) is 0 Å². The molecule has 0 spiro atoms. The van der Waals surface area contributed by atoms with Gasteiger partial charge in [-0.15, -0.1) is 0 Å². The van der Waals surface area contributed by atoms with E-state index in [4.69, 9.17) is 0 Å². The van der Waals surface area contributed by atoms with Crippen LogP contribution in [0.25, 0.3) is 0 Å². The Kier molecular flexibility index (Phi) is 4.07. The molecular weight excluding hydrogens is 178 g/mol. The van der Waals surface area contributed by atoms with E-state index in [0.29, 0.717) is 5.56 Å². The predicted molar refractivity (Wildman–Crippen MR) is 55.3 cm³/mol. The number of nitrogens with one attached hydrogen (secondary N) is 2. The Morgan fingerprint density at radius 3 is 2.93 bits per heavy atom. The predicted octanol–water partition coefficient (Wildman–Crippen LogP) is 0.203. The molecule has 0 aliphatic carbocycles. The number of rotatable bonds is 4. The van der Waals surface area contributed by atoms with E-state index in [1.165, 1.54) is 0 Å². The van der Waals surface area contributed by atoms with E-state index in [0.717, 1.165) is 18.7 Å². The van der Waals surface area contributed by atoms with Gasteiger partial charge in [0, 0.05) is 37.5 Å². The van der Waals surface area contributed by atoms with Crippen LogP contribution in [0.2, 0.25) is 0 Å². The van der Waals surface area contributed by atoms with Crippen molar-refractivity contribution in [1.82, 2.24) is 15.6 Å². The summed E-state index contributed by atoms with van der Waals surface area (Å²) in [6.07, 6.45) is 2.50. The third-order valence-electron chi connectivity index (χ3n) is 1.94. The normalized spacial score (nSPS) is 9.86. The van der Waals surface area contributed by atoms with Gasteiger partial charge in [-0.3, -0.25) is 9.78 Å². The molecule has 0 aliphatic rings. The number of hydrogen-bond acceptors (Lipinski definition) is 3. The zero-order valence-corrected chi connectivity index (χ0v) is 8.50. The Bertz CT molecular complexity index is 312. The Morgan fingerprint density at radius 1 is 1.50 bits per heavy atom. The molecule has 0 aliphatic heterocycles. The van der Waals surface area contributed by atoms with Gasteiger partial charge in [0.2, 0.25) is 0 Å². The third-order valence-corrected chi connectivity index (χ3v) is 1.94.